The molecular formula is C26H27F3N6. The van der Waals surface area contributed by atoms with Crippen LogP contribution in [0.2, 0.25) is 0 Å². The molecule has 6 nitrogen and oxygen atoms in total. The van der Waals surface area contributed by atoms with E-state index in [1.54, 1.807) is 10.8 Å². The van der Waals surface area contributed by atoms with Crippen LogP contribution in [0.15, 0.2) is 48.8 Å². The molecule has 5 rings (SSSR count). The number of nitrogens with zero attached hydrogens (tertiary/aromatic N) is 5. The summed E-state index contributed by atoms with van der Waals surface area (Å²) in [6.45, 7) is 9.20. The van der Waals surface area contributed by atoms with Gasteiger partial charge in [0.15, 0.2) is 11.5 Å². The van der Waals surface area contributed by atoms with Gasteiger partial charge in [-0.15, -0.1) is 5.10 Å². The summed E-state index contributed by atoms with van der Waals surface area (Å²) < 4.78 is 41.2. The van der Waals surface area contributed by atoms with E-state index in [1.807, 2.05) is 25.1 Å². The number of benzene rings is 2. The van der Waals surface area contributed by atoms with E-state index < -0.39 is 11.9 Å². The van der Waals surface area contributed by atoms with Crippen LogP contribution in [0.5, 0.6) is 0 Å². The van der Waals surface area contributed by atoms with Gasteiger partial charge >= 0.3 is 6.18 Å². The van der Waals surface area contributed by atoms with Crippen molar-refractivity contribution < 1.29 is 13.2 Å². The second kappa shape index (κ2) is 8.55. The molecule has 1 aliphatic rings. The molecule has 0 saturated carbocycles. The minimum Gasteiger partial charge on any atom is -0.362 e. The van der Waals surface area contributed by atoms with Crippen molar-refractivity contribution in [1.82, 2.24) is 19.7 Å². The fourth-order valence-electron chi connectivity index (χ4n) is 4.86. The third-order valence-electron chi connectivity index (χ3n) is 6.97. The Morgan fingerprint density at radius 2 is 1.91 bits per heavy atom. The van der Waals surface area contributed by atoms with Crippen LogP contribution in [-0.4, -0.2) is 26.3 Å². The molecular weight excluding hydrogens is 453 g/mol. The Morgan fingerprint density at radius 1 is 1.11 bits per heavy atom. The number of nitrogens with one attached hydrogen (secondary N) is 1. The van der Waals surface area contributed by atoms with Gasteiger partial charge in [0.1, 0.15) is 5.82 Å². The number of alkyl halides is 3. The predicted octanol–water partition coefficient (Wildman–Crippen LogP) is 6.22. The third-order valence-corrected chi connectivity index (χ3v) is 6.97. The van der Waals surface area contributed by atoms with Crippen LogP contribution in [-0.2, 0) is 12.7 Å². The lowest BCUT2D eigenvalue weighted by molar-refractivity contribution is -0.141. The number of fused-ring (bicyclic) bond motifs is 2. The van der Waals surface area contributed by atoms with Crippen LogP contribution < -0.4 is 10.2 Å². The van der Waals surface area contributed by atoms with Crippen molar-refractivity contribution in [2.75, 3.05) is 16.8 Å². The van der Waals surface area contributed by atoms with E-state index in [9.17, 15) is 13.2 Å². The molecule has 4 aromatic rings. The molecule has 35 heavy (non-hydrogen) atoms. The van der Waals surface area contributed by atoms with Crippen molar-refractivity contribution in [3.8, 4) is 0 Å². The van der Waals surface area contributed by atoms with Crippen LogP contribution in [0.25, 0.3) is 10.8 Å². The second-order valence-corrected chi connectivity index (χ2v) is 9.16. The van der Waals surface area contributed by atoms with Crippen LogP contribution in [0.4, 0.5) is 24.7 Å². The Kier molecular flexibility index (Phi) is 5.65. The van der Waals surface area contributed by atoms with Gasteiger partial charge in [-0.3, -0.25) is 0 Å². The average Bonchev–Trinajstić information content (AvgIpc) is 3.27. The average molecular weight is 481 g/mol. The van der Waals surface area contributed by atoms with Crippen molar-refractivity contribution in [2.24, 2.45) is 0 Å². The first-order valence-electron chi connectivity index (χ1n) is 11.6. The first-order chi connectivity index (χ1) is 16.6. The molecule has 0 radical (unpaired) electrons. The van der Waals surface area contributed by atoms with E-state index in [1.165, 1.54) is 16.7 Å². The van der Waals surface area contributed by atoms with E-state index in [-0.39, 0.29) is 12.1 Å². The molecule has 0 saturated heterocycles. The van der Waals surface area contributed by atoms with Crippen LogP contribution in [0.1, 0.15) is 54.1 Å². The molecule has 0 aliphatic carbocycles. The van der Waals surface area contributed by atoms with Crippen LogP contribution in [0, 0.1) is 13.8 Å². The highest BCUT2D eigenvalue weighted by molar-refractivity contribution is 5.93. The minimum absolute atomic E-state index is 0.0145. The molecule has 2 aromatic heterocycles. The summed E-state index contributed by atoms with van der Waals surface area (Å²) in [4.78, 5) is 5.99. The lowest BCUT2D eigenvalue weighted by Gasteiger charge is -2.35. The maximum Gasteiger partial charge on any atom is 0.434 e. The molecule has 3 heterocycles. The van der Waals surface area contributed by atoms with Gasteiger partial charge in [0.05, 0.1) is 18.3 Å². The smallest absolute Gasteiger partial charge is 0.362 e. The van der Waals surface area contributed by atoms with Gasteiger partial charge in [-0.1, -0.05) is 24.3 Å². The molecule has 2 atom stereocenters. The molecule has 182 valence electrons. The van der Waals surface area contributed by atoms with Gasteiger partial charge in [-0.05, 0) is 56.5 Å². The van der Waals surface area contributed by atoms with E-state index >= 15 is 0 Å². The van der Waals surface area contributed by atoms with Crippen LogP contribution >= 0.6 is 0 Å². The Morgan fingerprint density at radius 3 is 2.69 bits per heavy atom. The van der Waals surface area contributed by atoms with Crippen molar-refractivity contribution >= 4 is 22.3 Å². The quantitative estimate of drug-likeness (QED) is 0.376. The lowest BCUT2D eigenvalue weighted by Crippen LogP contribution is -2.36. The molecule has 1 N–H and O–H groups in total. The SMILES string of the molecule is Cc1cccc([C@@H](C)Nc2nncc3ccc(N4CCn5cc(C(F)(F)F)nc5C4C)cc23)c1C. The fraction of sp³-hybridized carbons (Fsp3) is 0.346. The predicted molar refractivity (Wildman–Crippen MR) is 130 cm³/mol. The number of hydrogen-bond donors (Lipinski definition) is 1. The molecule has 1 unspecified atom stereocenters. The van der Waals surface area contributed by atoms with Crippen molar-refractivity contribution in [3.05, 3.63) is 77.0 Å². The first kappa shape index (κ1) is 23.1. The van der Waals surface area contributed by atoms with E-state index in [0.29, 0.717) is 24.7 Å². The number of imidazole rings is 1. The topological polar surface area (TPSA) is 58.9 Å². The summed E-state index contributed by atoms with van der Waals surface area (Å²) in [6, 6.07) is 11.9. The van der Waals surface area contributed by atoms with Crippen LogP contribution in [0.3, 0.4) is 0 Å². The Hall–Kier alpha value is -3.62. The van der Waals surface area contributed by atoms with Gasteiger partial charge in [-0.2, -0.15) is 18.3 Å². The summed E-state index contributed by atoms with van der Waals surface area (Å²) in [5, 5.41) is 13.9. The van der Waals surface area contributed by atoms with Gasteiger partial charge < -0.3 is 14.8 Å². The Labute approximate surface area is 201 Å². The summed E-state index contributed by atoms with van der Waals surface area (Å²) in [7, 11) is 0. The number of anilines is 2. The van der Waals surface area contributed by atoms with Crippen molar-refractivity contribution in [1.29, 1.82) is 0 Å². The zero-order valence-corrected chi connectivity index (χ0v) is 20.1. The highest BCUT2D eigenvalue weighted by Crippen LogP contribution is 2.36. The largest absolute Gasteiger partial charge is 0.434 e. The highest BCUT2D eigenvalue weighted by Gasteiger charge is 2.37. The van der Waals surface area contributed by atoms with Gasteiger partial charge in [0.2, 0.25) is 0 Å². The molecule has 1 aliphatic heterocycles. The molecule has 0 bridgehead atoms. The normalized spacial score (nSPS) is 16.9. The number of halogens is 3. The highest BCUT2D eigenvalue weighted by atomic mass is 19.4. The number of rotatable bonds is 4. The maximum absolute atomic E-state index is 13.2. The van der Waals surface area contributed by atoms with E-state index in [0.717, 1.165) is 22.7 Å². The first-order valence-corrected chi connectivity index (χ1v) is 11.6. The van der Waals surface area contributed by atoms with Gasteiger partial charge in [0.25, 0.3) is 0 Å². The van der Waals surface area contributed by atoms with Gasteiger partial charge in [0, 0.05) is 35.7 Å². The zero-order chi connectivity index (χ0) is 24.9. The van der Waals surface area contributed by atoms with Crippen molar-refractivity contribution in [2.45, 2.75) is 52.5 Å². The molecule has 0 spiro atoms. The molecule has 0 fully saturated rings. The van der Waals surface area contributed by atoms with Crippen molar-refractivity contribution in [3.63, 3.8) is 0 Å². The standard InChI is InChI=1S/C26H27F3N6/c1-15-6-5-7-21(16(15)2)17(3)31-24-22-12-20(9-8-19(22)13-30-33-24)35-11-10-34-14-23(26(27,28)29)32-25(34)18(35)4/h5-9,12-14,17-18H,10-11H2,1-4H3,(H,31,33)/t17-,18?/m1/s1. The molecule has 9 heteroatoms. The number of aryl methyl sites for hydroxylation is 1. The minimum atomic E-state index is -4.45. The third kappa shape index (κ3) is 4.19. The summed E-state index contributed by atoms with van der Waals surface area (Å²) in [5.41, 5.74) is 3.72. The van der Waals surface area contributed by atoms with E-state index in [4.69, 9.17) is 0 Å². The summed E-state index contributed by atoms with van der Waals surface area (Å²) in [6.07, 6.45) is -1.63. The fourth-order valence-corrected chi connectivity index (χ4v) is 4.86. The van der Waals surface area contributed by atoms with Gasteiger partial charge in [-0.25, -0.2) is 4.98 Å². The Bertz CT molecular complexity index is 1390. The number of hydrogen-bond acceptors (Lipinski definition) is 5. The maximum atomic E-state index is 13.2. The summed E-state index contributed by atoms with van der Waals surface area (Å²) >= 11 is 0. The molecule has 2 aromatic carbocycles. The van der Waals surface area contributed by atoms with E-state index in [2.05, 4.69) is 64.4 Å². The molecule has 0 amide bonds. The monoisotopic (exact) mass is 480 g/mol. The summed E-state index contributed by atoms with van der Waals surface area (Å²) in [5.74, 6) is 1.08. The number of aromatic nitrogens is 4. The lowest BCUT2D eigenvalue weighted by atomic mass is 9.98. The second-order valence-electron chi connectivity index (χ2n) is 9.16. The zero-order valence-electron chi connectivity index (χ0n) is 20.1. The Balaban J connectivity index is 1.47.